The Morgan fingerprint density at radius 3 is 2.50 bits per heavy atom. The Morgan fingerprint density at radius 2 is 1.94 bits per heavy atom. The number of aryl methyl sites for hydroxylation is 1. The van der Waals surface area contributed by atoms with Crippen molar-refractivity contribution in [1.82, 2.24) is 5.32 Å². The van der Waals surface area contributed by atoms with Crippen LogP contribution in [-0.2, 0) is 6.54 Å². The highest BCUT2D eigenvalue weighted by Gasteiger charge is 2.10. The van der Waals surface area contributed by atoms with Gasteiger partial charge in [0.05, 0.1) is 12.8 Å². The van der Waals surface area contributed by atoms with E-state index in [1.165, 1.54) is 11.1 Å². The van der Waals surface area contributed by atoms with Gasteiger partial charge in [-0.15, -0.1) is 0 Å². The molecule has 0 amide bonds. The number of halogens is 1. The molecule has 0 aliphatic heterocycles. The molecule has 3 heteroatoms. The lowest BCUT2D eigenvalue weighted by molar-refractivity contribution is 0.441. The van der Waals surface area contributed by atoms with E-state index in [4.69, 9.17) is 16.0 Å². The van der Waals surface area contributed by atoms with Gasteiger partial charge in [0.15, 0.2) is 0 Å². The molecular weight excluding hydrogens is 246 g/mol. The SMILES string of the molecule is CCC(NCc1occc1C)c1ccc(Cl)cc1. The molecule has 0 saturated heterocycles. The Hall–Kier alpha value is -1.25. The second-order valence-corrected chi connectivity index (χ2v) is 4.86. The van der Waals surface area contributed by atoms with Crippen LogP contribution < -0.4 is 5.32 Å². The van der Waals surface area contributed by atoms with Crippen LogP contribution in [0.25, 0.3) is 0 Å². The molecule has 96 valence electrons. The molecule has 0 bridgehead atoms. The third-order valence-electron chi connectivity index (χ3n) is 3.16. The lowest BCUT2D eigenvalue weighted by Crippen LogP contribution is -2.20. The van der Waals surface area contributed by atoms with Gasteiger partial charge in [0, 0.05) is 11.1 Å². The zero-order valence-electron chi connectivity index (χ0n) is 10.7. The number of hydrogen-bond acceptors (Lipinski definition) is 2. The lowest BCUT2D eigenvalue weighted by Gasteiger charge is -2.17. The summed E-state index contributed by atoms with van der Waals surface area (Å²) in [6.07, 6.45) is 2.76. The Balaban J connectivity index is 2.01. The van der Waals surface area contributed by atoms with E-state index >= 15 is 0 Å². The van der Waals surface area contributed by atoms with Crippen LogP contribution in [0.4, 0.5) is 0 Å². The molecule has 1 heterocycles. The maximum Gasteiger partial charge on any atom is 0.120 e. The second-order valence-electron chi connectivity index (χ2n) is 4.42. The first-order valence-corrected chi connectivity index (χ1v) is 6.60. The van der Waals surface area contributed by atoms with Crippen molar-refractivity contribution in [3.8, 4) is 0 Å². The minimum absolute atomic E-state index is 0.326. The molecule has 1 N–H and O–H groups in total. The Labute approximate surface area is 113 Å². The molecule has 1 unspecified atom stereocenters. The summed E-state index contributed by atoms with van der Waals surface area (Å²) in [5.41, 5.74) is 2.44. The maximum atomic E-state index is 5.90. The molecule has 0 spiro atoms. The first-order chi connectivity index (χ1) is 8.70. The molecule has 18 heavy (non-hydrogen) atoms. The molecule has 2 aromatic rings. The Bertz CT molecular complexity index is 489. The molecule has 1 atom stereocenters. The first-order valence-electron chi connectivity index (χ1n) is 6.22. The number of nitrogens with one attached hydrogen (secondary N) is 1. The Kier molecular flexibility index (Phi) is 4.45. The van der Waals surface area contributed by atoms with Crippen LogP contribution in [0.1, 0.15) is 36.3 Å². The number of benzene rings is 1. The minimum atomic E-state index is 0.326. The molecular formula is C15H18ClNO. The van der Waals surface area contributed by atoms with Crippen molar-refractivity contribution >= 4 is 11.6 Å². The molecule has 0 aliphatic carbocycles. The van der Waals surface area contributed by atoms with E-state index in [2.05, 4.69) is 31.3 Å². The molecule has 1 aromatic carbocycles. The van der Waals surface area contributed by atoms with Crippen molar-refractivity contribution in [1.29, 1.82) is 0 Å². The van der Waals surface area contributed by atoms with Crippen molar-refractivity contribution in [2.24, 2.45) is 0 Å². The van der Waals surface area contributed by atoms with Gasteiger partial charge < -0.3 is 9.73 Å². The zero-order valence-corrected chi connectivity index (χ0v) is 11.5. The fraction of sp³-hybridized carbons (Fsp3) is 0.333. The van der Waals surface area contributed by atoms with Crippen molar-refractivity contribution in [2.75, 3.05) is 0 Å². The highest BCUT2D eigenvalue weighted by atomic mass is 35.5. The molecule has 0 saturated carbocycles. The fourth-order valence-corrected chi connectivity index (χ4v) is 2.12. The van der Waals surface area contributed by atoms with Gasteiger partial charge in [-0.25, -0.2) is 0 Å². The third kappa shape index (κ3) is 3.15. The second kappa shape index (κ2) is 6.07. The van der Waals surface area contributed by atoms with Crippen molar-refractivity contribution in [3.05, 3.63) is 58.5 Å². The van der Waals surface area contributed by atoms with Crippen molar-refractivity contribution in [3.63, 3.8) is 0 Å². The van der Waals surface area contributed by atoms with E-state index < -0.39 is 0 Å². The van der Waals surface area contributed by atoms with E-state index in [0.29, 0.717) is 6.04 Å². The van der Waals surface area contributed by atoms with E-state index in [9.17, 15) is 0 Å². The summed E-state index contributed by atoms with van der Waals surface area (Å²) in [5.74, 6) is 1.00. The molecule has 1 aromatic heterocycles. The first kappa shape index (κ1) is 13.2. The predicted molar refractivity (Wildman–Crippen MR) is 74.8 cm³/mol. The van der Waals surface area contributed by atoms with E-state index in [-0.39, 0.29) is 0 Å². The molecule has 0 fully saturated rings. The van der Waals surface area contributed by atoms with Crippen LogP contribution in [-0.4, -0.2) is 0 Å². The molecule has 2 rings (SSSR count). The zero-order chi connectivity index (χ0) is 13.0. The van der Waals surface area contributed by atoms with E-state index in [1.807, 2.05) is 18.2 Å². The molecule has 2 nitrogen and oxygen atoms in total. The predicted octanol–water partition coefficient (Wildman–Crippen LogP) is 4.48. The van der Waals surface area contributed by atoms with Gasteiger partial charge in [0.2, 0.25) is 0 Å². The summed E-state index contributed by atoms with van der Waals surface area (Å²) in [6, 6.07) is 10.3. The largest absolute Gasteiger partial charge is 0.468 e. The topological polar surface area (TPSA) is 25.2 Å². The summed E-state index contributed by atoms with van der Waals surface area (Å²) in [5, 5.41) is 4.29. The maximum absolute atomic E-state index is 5.90. The van der Waals surface area contributed by atoms with Gasteiger partial charge in [-0.2, -0.15) is 0 Å². The number of furan rings is 1. The highest BCUT2D eigenvalue weighted by Crippen LogP contribution is 2.20. The number of hydrogen-bond donors (Lipinski definition) is 1. The Morgan fingerprint density at radius 1 is 1.22 bits per heavy atom. The standard InChI is InChI=1S/C15H18ClNO/c1-3-14(12-4-6-13(16)7-5-12)17-10-15-11(2)8-9-18-15/h4-9,14,17H,3,10H2,1-2H3. The third-order valence-corrected chi connectivity index (χ3v) is 3.41. The van der Waals surface area contributed by atoms with E-state index in [0.717, 1.165) is 23.7 Å². The fourth-order valence-electron chi connectivity index (χ4n) is 1.99. The highest BCUT2D eigenvalue weighted by molar-refractivity contribution is 6.30. The van der Waals surface area contributed by atoms with Crippen molar-refractivity contribution in [2.45, 2.75) is 32.9 Å². The smallest absolute Gasteiger partial charge is 0.120 e. The summed E-state index contributed by atoms with van der Waals surface area (Å²) >= 11 is 5.90. The van der Waals surface area contributed by atoms with Gasteiger partial charge in [0.25, 0.3) is 0 Å². The average Bonchev–Trinajstić information content (AvgIpc) is 2.78. The van der Waals surface area contributed by atoms with Crippen LogP contribution in [0.5, 0.6) is 0 Å². The lowest BCUT2D eigenvalue weighted by atomic mass is 10.0. The summed E-state index contributed by atoms with van der Waals surface area (Å²) in [7, 11) is 0. The summed E-state index contributed by atoms with van der Waals surface area (Å²) in [4.78, 5) is 0. The summed E-state index contributed by atoms with van der Waals surface area (Å²) in [6.45, 7) is 4.98. The summed E-state index contributed by atoms with van der Waals surface area (Å²) < 4.78 is 5.43. The van der Waals surface area contributed by atoms with Gasteiger partial charge in [-0.05, 0) is 42.7 Å². The van der Waals surface area contributed by atoms with Gasteiger partial charge in [-0.3, -0.25) is 0 Å². The van der Waals surface area contributed by atoms with Crippen LogP contribution in [0.3, 0.4) is 0 Å². The van der Waals surface area contributed by atoms with Crippen LogP contribution in [0.2, 0.25) is 5.02 Å². The van der Waals surface area contributed by atoms with Gasteiger partial charge in [-0.1, -0.05) is 30.7 Å². The average molecular weight is 264 g/mol. The van der Waals surface area contributed by atoms with E-state index in [1.54, 1.807) is 6.26 Å². The van der Waals surface area contributed by atoms with Crippen molar-refractivity contribution < 1.29 is 4.42 Å². The van der Waals surface area contributed by atoms with Crippen LogP contribution in [0, 0.1) is 6.92 Å². The molecule has 0 radical (unpaired) electrons. The quantitative estimate of drug-likeness (QED) is 0.860. The monoisotopic (exact) mass is 263 g/mol. The van der Waals surface area contributed by atoms with Gasteiger partial charge >= 0.3 is 0 Å². The normalized spacial score (nSPS) is 12.6. The van der Waals surface area contributed by atoms with Crippen LogP contribution in [0.15, 0.2) is 41.0 Å². The van der Waals surface area contributed by atoms with Gasteiger partial charge in [0.1, 0.15) is 5.76 Å². The molecule has 0 aliphatic rings. The number of rotatable bonds is 5. The minimum Gasteiger partial charge on any atom is -0.468 e. The van der Waals surface area contributed by atoms with Crippen LogP contribution >= 0.6 is 11.6 Å².